The smallest absolute Gasteiger partial charge is 0.272 e. The van der Waals surface area contributed by atoms with E-state index in [1.54, 1.807) is 0 Å². The molecule has 100 valence electrons. The minimum Gasteiger partial charge on any atom is -0.272 e. The molecule has 0 spiro atoms. The highest BCUT2D eigenvalue weighted by atomic mass is 16.6. The average Bonchev–Trinajstić information content (AvgIpc) is 2.25. The highest BCUT2D eigenvalue weighted by Gasteiger charge is 2.79. The largest absolute Gasteiger partial charge is 0.324 e. The van der Waals surface area contributed by atoms with Crippen LogP contribution in [0.4, 0.5) is 0 Å². The van der Waals surface area contributed by atoms with E-state index >= 15 is 0 Å². The summed E-state index contributed by atoms with van der Waals surface area (Å²) in [5.74, 6) is 0. The van der Waals surface area contributed by atoms with Crippen LogP contribution in [0.15, 0.2) is 0 Å². The van der Waals surface area contributed by atoms with E-state index in [0.717, 1.165) is 9.80 Å². The maximum Gasteiger partial charge on any atom is 0.324 e. The molecule has 0 aromatic carbocycles. The molecule has 4 bridgehead atoms. The molecule has 4 fully saturated rings. The third-order valence-corrected chi connectivity index (χ3v) is 5.37. The summed E-state index contributed by atoms with van der Waals surface area (Å²) in [6.45, 7) is 5.80. The quantitative estimate of drug-likeness (QED) is 0.406. The van der Waals surface area contributed by atoms with Gasteiger partial charge < -0.3 is 0 Å². The van der Waals surface area contributed by atoms with E-state index in [0.29, 0.717) is 26.2 Å². The van der Waals surface area contributed by atoms with Gasteiger partial charge in [0.1, 0.15) is 6.42 Å². The SMILES string of the molecule is CC1(C)[NH+]2CC3([N+](=O)[O-])C[NH+]1CC([N+](=O)[O-])(C2)C3. The van der Waals surface area contributed by atoms with Crippen molar-refractivity contribution in [3.8, 4) is 0 Å². The zero-order valence-corrected chi connectivity index (χ0v) is 10.6. The van der Waals surface area contributed by atoms with Gasteiger partial charge in [0.2, 0.25) is 5.66 Å². The Labute approximate surface area is 104 Å². The molecule has 0 aromatic rings. The van der Waals surface area contributed by atoms with Gasteiger partial charge in [-0.25, -0.2) is 0 Å². The first kappa shape index (κ1) is 11.8. The van der Waals surface area contributed by atoms with Crippen LogP contribution < -0.4 is 9.80 Å². The second-order valence-electron chi connectivity index (χ2n) is 6.68. The van der Waals surface area contributed by atoms with Crippen molar-refractivity contribution in [2.45, 2.75) is 37.0 Å². The Kier molecular flexibility index (Phi) is 1.96. The molecule has 0 unspecified atom stereocenters. The van der Waals surface area contributed by atoms with E-state index in [2.05, 4.69) is 13.8 Å². The number of nitrogens with one attached hydrogen (secondary N) is 2. The molecule has 0 amide bonds. The highest BCUT2D eigenvalue weighted by molar-refractivity contribution is 5.00. The van der Waals surface area contributed by atoms with Gasteiger partial charge in [-0.3, -0.25) is 30.0 Å². The molecule has 8 nitrogen and oxygen atoms in total. The molecule has 0 radical (unpaired) electrons. The van der Waals surface area contributed by atoms with Gasteiger partial charge in [-0.15, -0.1) is 0 Å². The molecular weight excluding hydrogens is 240 g/mol. The van der Waals surface area contributed by atoms with Crippen molar-refractivity contribution in [2.24, 2.45) is 0 Å². The van der Waals surface area contributed by atoms with Crippen molar-refractivity contribution in [3.05, 3.63) is 20.2 Å². The molecule has 0 aromatic heterocycles. The fourth-order valence-corrected chi connectivity index (χ4v) is 4.22. The van der Waals surface area contributed by atoms with Gasteiger partial charge in [0, 0.05) is 23.7 Å². The number of hydrogen-bond donors (Lipinski definition) is 2. The first-order chi connectivity index (χ1) is 8.22. The van der Waals surface area contributed by atoms with Crippen molar-refractivity contribution < 1.29 is 19.6 Å². The average molecular weight is 258 g/mol. The van der Waals surface area contributed by atoms with Crippen LogP contribution in [-0.4, -0.2) is 52.8 Å². The molecule has 0 aliphatic carbocycles. The first-order valence-corrected chi connectivity index (χ1v) is 6.21. The molecule has 4 saturated heterocycles. The van der Waals surface area contributed by atoms with E-state index in [-0.39, 0.29) is 21.9 Å². The molecule has 2 N–H and O–H groups in total. The van der Waals surface area contributed by atoms with Crippen molar-refractivity contribution in [2.75, 3.05) is 26.2 Å². The predicted molar refractivity (Wildman–Crippen MR) is 59.5 cm³/mol. The zero-order chi connectivity index (χ0) is 13.3. The molecule has 0 saturated carbocycles. The lowest BCUT2D eigenvalue weighted by Crippen LogP contribution is -3.49. The molecule has 0 atom stereocenters. The van der Waals surface area contributed by atoms with Crippen LogP contribution in [-0.2, 0) is 0 Å². The molecule has 8 heteroatoms. The van der Waals surface area contributed by atoms with Gasteiger partial charge >= 0.3 is 11.1 Å². The monoisotopic (exact) mass is 258 g/mol. The molecule has 18 heavy (non-hydrogen) atoms. The molecule has 4 heterocycles. The minimum absolute atomic E-state index is 0.100. The van der Waals surface area contributed by atoms with E-state index in [4.69, 9.17) is 0 Å². The molecule has 4 rings (SSSR count). The lowest BCUT2D eigenvalue weighted by Gasteiger charge is -2.57. The standard InChI is InChI=1S/C10H16N4O4/c1-8(2)11-4-9(13(15)16)3-10(6-11,14(17)18)7-12(8)5-9/h3-7H2,1-2H3/p+2. The number of piperidine rings is 2. The Balaban J connectivity index is 2.08. The lowest BCUT2D eigenvalue weighted by atomic mass is 9.69. The van der Waals surface area contributed by atoms with Crippen LogP contribution in [0.3, 0.4) is 0 Å². The Bertz CT molecular complexity index is 399. The Morgan fingerprint density at radius 1 is 0.889 bits per heavy atom. The van der Waals surface area contributed by atoms with Crippen LogP contribution in [0.5, 0.6) is 0 Å². The number of rotatable bonds is 2. The maximum atomic E-state index is 11.4. The third-order valence-electron chi connectivity index (χ3n) is 5.37. The lowest BCUT2D eigenvalue weighted by molar-refractivity contribution is -1.21. The summed E-state index contributed by atoms with van der Waals surface area (Å²) in [5.41, 5.74) is -2.34. The van der Waals surface area contributed by atoms with Crippen LogP contribution in [0.25, 0.3) is 0 Å². The third kappa shape index (κ3) is 1.17. The number of hydrogen-bond acceptors (Lipinski definition) is 4. The van der Waals surface area contributed by atoms with Crippen LogP contribution in [0.2, 0.25) is 0 Å². The van der Waals surface area contributed by atoms with Crippen molar-refractivity contribution >= 4 is 0 Å². The second-order valence-corrected chi connectivity index (χ2v) is 6.68. The molecule has 4 aliphatic rings. The van der Waals surface area contributed by atoms with Gasteiger partial charge in [0.25, 0.3) is 0 Å². The van der Waals surface area contributed by atoms with E-state index < -0.39 is 11.1 Å². The first-order valence-electron chi connectivity index (χ1n) is 6.21. The second kappa shape index (κ2) is 3.00. The summed E-state index contributed by atoms with van der Waals surface area (Å²) >= 11 is 0. The van der Waals surface area contributed by atoms with Gasteiger partial charge in [-0.2, -0.15) is 0 Å². The fourth-order valence-electron chi connectivity index (χ4n) is 4.22. The summed E-state index contributed by atoms with van der Waals surface area (Å²) in [5, 5.41) is 22.8. The fraction of sp³-hybridized carbons (Fsp3) is 1.00. The van der Waals surface area contributed by atoms with Crippen LogP contribution in [0.1, 0.15) is 20.3 Å². The summed E-state index contributed by atoms with van der Waals surface area (Å²) < 4.78 is 0. The van der Waals surface area contributed by atoms with E-state index in [9.17, 15) is 20.2 Å². The Morgan fingerprint density at radius 3 is 1.50 bits per heavy atom. The Hall–Kier alpha value is -1.28. The maximum absolute atomic E-state index is 11.4. The van der Waals surface area contributed by atoms with Gasteiger partial charge in [-0.05, 0) is 0 Å². The normalized spacial score (nSPS) is 48.1. The van der Waals surface area contributed by atoms with Gasteiger partial charge in [0.05, 0.1) is 0 Å². The molecule has 4 aliphatic heterocycles. The van der Waals surface area contributed by atoms with Crippen LogP contribution >= 0.6 is 0 Å². The number of nitrogens with zero attached hydrogens (tertiary/aromatic N) is 2. The minimum atomic E-state index is -1.09. The van der Waals surface area contributed by atoms with Crippen LogP contribution in [0, 0.1) is 20.2 Å². The number of nitro groups is 2. The van der Waals surface area contributed by atoms with Crippen molar-refractivity contribution in [1.29, 1.82) is 0 Å². The molecular formula is C10H18N4O4+2. The van der Waals surface area contributed by atoms with Gasteiger partial charge in [0.15, 0.2) is 26.2 Å². The summed E-state index contributed by atoms with van der Waals surface area (Å²) in [7, 11) is 0. The summed E-state index contributed by atoms with van der Waals surface area (Å²) in [6.07, 6.45) is 0.100. The van der Waals surface area contributed by atoms with Crippen molar-refractivity contribution in [1.82, 2.24) is 0 Å². The van der Waals surface area contributed by atoms with Gasteiger partial charge in [-0.1, -0.05) is 0 Å². The topological polar surface area (TPSA) is 95.2 Å². The van der Waals surface area contributed by atoms with Crippen molar-refractivity contribution in [3.63, 3.8) is 0 Å². The predicted octanol–water partition coefficient (Wildman–Crippen LogP) is -3.05. The zero-order valence-electron chi connectivity index (χ0n) is 10.6. The van der Waals surface area contributed by atoms with E-state index in [1.165, 1.54) is 0 Å². The summed E-state index contributed by atoms with van der Waals surface area (Å²) in [6, 6.07) is 0. The highest BCUT2D eigenvalue weighted by Crippen LogP contribution is 2.32. The summed E-state index contributed by atoms with van der Waals surface area (Å²) in [4.78, 5) is 24.3. The number of quaternary nitrogens is 2. The Morgan fingerprint density at radius 2 is 1.22 bits per heavy atom. The van der Waals surface area contributed by atoms with E-state index in [1.807, 2.05) is 0 Å².